The number of nitrogens with one attached hydrogen (secondary N) is 2. The molecule has 0 bridgehead atoms. The molecule has 0 atom stereocenters. The number of amides is 1. The second-order valence-electron chi connectivity index (χ2n) is 8.19. The Labute approximate surface area is 192 Å². The number of likely N-dealkylation sites (N-methyl/N-ethyl adjacent to an activating group) is 1. The predicted molar refractivity (Wildman–Crippen MR) is 130 cm³/mol. The molecule has 29 heavy (non-hydrogen) atoms. The van der Waals surface area contributed by atoms with Gasteiger partial charge in [0.25, 0.3) is 0 Å². The third-order valence-electron chi connectivity index (χ3n) is 5.88. The number of carbonyl (C=O) groups is 1. The number of hydrogen-bond donors (Lipinski definition) is 2. The molecule has 162 valence electrons. The first-order valence-electron chi connectivity index (χ1n) is 10.6. The summed E-state index contributed by atoms with van der Waals surface area (Å²) in [5.41, 5.74) is 1.17. The van der Waals surface area contributed by atoms with E-state index in [9.17, 15) is 4.79 Å². The Balaban J connectivity index is 0.00000300. The number of aliphatic imine (C=N–C) groups is 1. The van der Waals surface area contributed by atoms with E-state index in [1.807, 2.05) is 18.2 Å². The van der Waals surface area contributed by atoms with Crippen LogP contribution in [0.1, 0.15) is 44.1 Å². The molecule has 1 amide bonds. The van der Waals surface area contributed by atoms with Crippen LogP contribution < -0.4 is 10.6 Å². The van der Waals surface area contributed by atoms with E-state index in [-0.39, 0.29) is 36.4 Å². The molecule has 0 aromatic heterocycles. The summed E-state index contributed by atoms with van der Waals surface area (Å²) in [7, 11) is 3.55. The lowest BCUT2D eigenvalue weighted by molar-refractivity contribution is -0.127. The molecular weight excluding hydrogens is 477 g/mol. The normalized spacial score (nSPS) is 18.9. The zero-order valence-electron chi connectivity index (χ0n) is 17.8. The molecule has 7 heteroatoms. The standard InChI is InChI=1S/C22H35N5O.HI/c1-26(2)21(28)17-24-22(23-16-18-8-4-3-5-9-18)25-19-12-14-27(15-13-19)20-10-6-7-11-20;/h3-5,8-9,19-20H,6-7,10-17H2,1-2H3,(H2,23,24,25);1H. The van der Waals surface area contributed by atoms with E-state index >= 15 is 0 Å². The highest BCUT2D eigenvalue weighted by atomic mass is 127. The smallest absolute Gasteiger partial charge is 0.241 e. The zero-order chi connectivity index (χ0) is 19.8. The van der Waals surface area contributed by atoms with Gasteiger partial charge in [-0.05, 0) is 31.2 Å². The van der Waals surface area contributed by atoms with Gasteiger partial charge >= 0.3 is 0 Å². The van der Waals surface area contributed by atoms with Crippen molar-refractivity contribution in [2.75, 3.05) is 33.7 Å². The fraction of sp³-hybridized carbons (Fsp3) is 0.636. The Hall–Kier alpha value is -1.35. The monoisotopic (exact) mass is 513 g/mol. The van der Waals surface area contributed by atoms with Gasteiger partial charge in [0.1, 0.15) is 0 Å². The van der Waals surface area contributed by atoms with Crippen LogP contribution in [-0.2, 0) is 11.3 Å². The van der Waals surface area contributed by atoms with Crippen molar-refractivity contribution >= 4 is 35.8 Å². The molecule has 6 nitrogen and oxygen atoms in total. The van der Waals surface area contributed by atoms with E-state index in [0.717, 1.165) is 37.9 Å². The van der Waals surface area contributed by atoms with Gasteiger partial charge in [-0.3, -0.25) is 4.79 Å². The second-order valence-corrected chi connectivity index (χ2v) is 8.19. The third kappa shape index (κ3) is 7.77. The van der Waals surface area contributed by atoms with Crippen molar-refractivity contribution < 1.29 is 4.79 Å². The fourth-order valence-corrected chi connectivity index (χ4v) is 4.10. The summed E-state index contributed by atoms with van der Waals surface area (Å²) in [6, 6.07) is 11.4. The average Bonchev–Trinajstić information content (AvgIpc) is 3.26. The number of nitrogens with zero attached hydrogens (tertiary/aromatic N) is 3. The lowest BCUT2D eigenvalue weighted by Crippen LogP contribution is -2.51. The third-order valence-corrected chi connectivity index (χ3v) is 5.88. The first-order chi connectivity index (χ1) is 13.6. The van der Waals surface area contributed by atoms with E-state index in [2.05, 4.69) is 27.7 Å². The molecule has 1 aliphatic heterocycles. The molecule has 1 saturated heterocycles. The quantitative estimate of drug-likeness (QED) is 0.349. The number of likely N-dealkylation sites (tertiary alicyclic amines) is 1. The number of rotatable bonds is 6. The fourth-order valence-electron chi connectivity index (χ4n) is 4.10. The number of hydrogen-bond acceptors (Lipinski definition) is 3. The van der Waals surface area contributed by atoms with Gasteiger partial charge in [-0.15, -0.1) is 24.0 Å². The average molecular weight is 513 g/mol. The van der Waals surface area contributed by atoms with Crippen LogP contribution in [0.2, 0.25) is 0 Å². The second kappa shape index (κ2) is 12.4. The van der Waals surface area contributed by atoms with Crippen LogP contribution in [0.25, 0.3) is 0 Å². The van der Waals surface area contributed by atoms with Crippen LogP contribution in [-0.4, -0.2) is 67.5 Å². The van der Waals surface area contributed by atoms with Crippen molar-refractivity contribution in [3.8, 4) is 0 Å². The maximum Gasteiger partial charge on any atom is 0.241 e. The summed E-state index contributed by atoms with van der Waals surface area (Å²) in [4.78, 5) is 21.0. The lowest BCUT2D eigenvalue weighted by atomic mass is 10.0. The Morgan fingerprint density at radius 1 is 1.10 bits per heavy atom. The summed E-state index contributed by atoms with van der Waals surface area (Å²) >= 11 is 0. The summed E-state index contributed by atoms with van der Waals surface area (Å²) in [6.07, 6.45) is 7.78. The molecule has 1 heterocycles. The van der Waals surface area contributed by atoms with E-state index in [1.165, 1.54) is 31.2 Å². The predicted octanol–water partition coefficient (Wildman–Crippen LogP) is 2.84. The number of benzene rings is 1. The van der Waals surface area contributed by atoms with Crippen molar-refractivity contribution in [2.24, 2.45) is 4.99 Å². The number of carbonyl (C=O) groups excluding carboxylic acids is 1. The minimum atomic E-state index is 0. The van der Waals surface area contributed by atoms with Gasteiger partial charge in [0.15, 0.2) is 5.96 Å². The van der Waals surface area contributed by atoms with E-state index in [4.69, 9.17) is 4.99 Å². The highest BCUT2D eigenvalue weighted by Gasteiger charge is 2.27. The molecule has 0 spiro atoms. The van der Waals surface area contributed by atoms with Gasteiger partial charge in [-0.2, -0.15) is 0 Å². The molecule has 3 rings (SSSR count). The first-order valence-corrected chi connectivity index (χ1v) is 10.6. The van der Waals surface area contributed by atoms with Gasteiger partial charge < -0.3 is 20.4 Å². The van der Waals surface area contributed by atoms with Crippen LogP contribution in [0.4, 0.5) is 0 Å². The van der Waals surface area contributed by atoms with Gasteiger partial charge in [0, 0.05) is 39.3 Å². The molecule has 0 radical (unpaired) electrons. The molecule has 1 aliphatic carbocycles. The number of halogens is 1. The van der Waals surface area contributed by atoms with Crippen molar-refractivity contribution in [1.82, 2.24) is 20.4 Å². The maximum atomic E-state index is 12.0. The lowest BCUT2D eigenvalue weighted by Gasteiger charge is -2.36. The zero-order valence-corrected chi connectivity index (χ0v) is 20.1. The summed E-state index contributed by atoms with van der Waals surface area (Å²) in [6.45, 7) is 3.18. The van der Waals surface area contributed by atoms with E-state index < -0.39 is 0 Å². The molecule has 2 N–H and O–H groups in total. The molecule has 1 aromatic rings. The molecule has 0 unspecified atom stereocenters. The largest absolute Gasteiger partial charge is 0.354 e. The van der Waals surface area contributed by atoms with Crippen LogP contribution >= 0.6 is 24.0 Å². The summed E-state index contributed by atoms with van der Waals surface area (Å²) in [5.74, 6) is 0.781. The van der Waals surface area contributed by atoms with Gasteiger partial charge in [0.05, 0.1) is 13.1 Å². The topological polar surface area (TPSA) is 60.0 Å². The molecule has 2 aliphatic rings. The van der Waals surface area contributed by atoms with Gasteiger partial charge in [-0.25, -0.2) is 4.99 Å². The van der Waals surface area contributed by atoms with Gasteiger partial charge in [-0.1, -0.05) is 43.2 Å². The van der Waals surface area contributed by atoms with Crippen LogP contribution in [0.5, 0.6) is 0 Å². The van der Waals surface area contributed by atoms with Crippen molar-refractivity contribution in [3.05, 3.63) is 35.9 Å². The molecular formula is C22H36IN5O. The van der Waals surface area contributed by atoms with Crippen molar-refractivity contribution in [3.63, 3.8) is 0 Å². The number of piperidine rings is 1. The minimum Gasteiger partial charge on any atom is -0.354 e. The van der Waals surface area contributed by atoms with Gasteiger partial charge in [0.2, 0.25) is 5.91 Å². The van der Waals surface area contributed by atoms with Crippen LogP contribution in [0.15, 0.2) is 35.3 Å². The Bertz CT molecular complexity index is 638. The summed E-state index contributed by atoms with van der Waals surface area (Å²) in [5, 5.41) is 6.79. The summed E-state index contributed by atoms with van der Waals surface area (Å²) < 4.78 is 0. The van der Waals surface area contributed by atoms with Crippen molar-refractivity contribution in [2.45, 2.75) is 57.2 Å². The highest BCUT2D eigenvalue weighted by Crippen LogP contribution is 2.26. The highest BCUT2D eigenvalue weighted by molar-refractivity contribution is 14.0. The van der Waals surface area contributed by atoms with Crippen LogP contribution in [0, 0.1) is 0 Å². The molecule has 2 fully saturated rings. The Kier molecular flexibility index (Phi) is 10.2. The van der Waals surface area contributed by atoms with Crippen LogP contribution in [0.3, 0.4) is 0 Å². The molecule has 1 saturated carbocycles. The van der Waals surface area contributed by atoms with Crippen molar-refractivity contribution in [1.29, 1.82) is 0 Å². The van der Waals surface area contributed by atoms with E-state index in [0.29, 0.717) is 12.6 Å². The minimum absolute atomic E-state index is 0. The van der Waals surface area contributed by atoms with E-state index in [1.54, 1.807) is 19.0 Å². The Morgan fingerprint density at radius 3 is 2.38 bits per heavy atom. The number of guanidine groups is 1. The Morgan fingerprint density at radius 2 is 1.76 bits per heavy atom. The maximum absolute atomic E-state index is 12.0. The first kappa shape index (κ1) is 23.9. The molecule has 1 aromatic carbocycles. The SMILES string of the molecule is CN(C)C(=O)CNC(=NCc1ccccc1)NC1CCN(C2CCCC2)CC1.I.